The number of aromatic nitrogens is 2. The van der Waals surface area contributed by atoms with Gasteiger partial charge in [0.25, 0.3) is 0 Å². The summed E-state index contributed by atoms with van der Waals surface area (Å²) in [6.45, 7) is 4.72. The molecule has 8 heteroatoms. The summed E-state index contributed by atoms with van der Waals surface area (Å²) < 4.78 is 0. The van der Waals surface area contributed by atoms with Crippen molar-refractivity contribution in [2.45, 2.75) is 19.0 Å². The Morgan fingerprint density at radius 2 is 1.47 bits per heavy atom. The predicted octanol–water partition coefficient (Wildman–Crippen LogP) is 2.63. The average molecular weight is 431 g/mol. The lowest BCUT2D eigenvalue weighted by Crippen LogP contribution is -2.46. The Bertz CT molecular complexity index is 1030. The minimum absolute atomic E-state index is 0.299. The number of nitrogens with two attached hydrogens (primary N) is 1. The number of hydrogen-bond donors (Lipinski definition) is 1. The number of piperazine rings is 1. The molecule has 0 radical (unpaired) electrons. The molecule has 32 heavy (non-hydrogen) atoms. The van der Waals surface area contributed by atoms with Gasteiger partial charge in [0.15, 0.2) is 0 Å². The Morgan fingerprint density at radius 1 is 0.906 bits per heavy atom. The molecule has 1 saturated heterocycles. The van der Waals surface area contributed by atoms with Gasteiger partial charge in [0.05, 0.1) is 6.04 Å². The van der Waals surface area contributed by atoms with Crippen LogP contribution in [0.5, 0.6) is 0 Å². The van der Waals surface area contributed by atoms with Crippen LogP contribution in [-0.4, -0.2) is 53.0 Å². The summed E-state index contributed by atoms with van der Waals surface area (Å²) in [7, 11) is 0. The molecule has 1 amide bonds. The van der Waals surface area contributed by atoms with Crippen LogP contribution in [0.3, 0.4) is 0 Å². The van der Waals surface area contributed by atoms with Crippen LogP contribution in [0.15, 0.2) is 72.2 Å². The number of anilines is 1. The van der Waals surface area contributed by atoms with Gasteiger partial charge in [-0.2, -0.15) is 0 Å². The normalized spacial score (nSPS) is 15.3. The monoisotopic (exact) mass is 430 g/mol. The van der Waals surface area contributed by atoms with Gasteiger partial charge in [0, 0.05) is 50.3 Å². The fourth-order valence-electron chi connectivity index (χ4n) is 3.86. The van der Waals surface area contributed by atoms with E-state index in [1.54, 1.807) is 12.4 Å². The van der Waals surface area contributed by atoms with Crippen molar-refractivity contribution in [2.24, 2.45) is 10.9 Å². The third-order valence-electron chi connectivity index (χ3n) is 5.72. The van der Waals surface area contributed by atoms with Crippen LogP contribution in [0.2, 0.25) is 0 Å². The van der Waals surface area contributed by atoms with E-state index in [-0.39, 0.29) is 0 Å². The fraction of sp³-hybridized carbons (Fsp3) is 0.292. The van der Waals surface area contributed by atoms with Crippen LogP contribution < -0.4 is 10.6 Å². The molecule has 4 rings (SSSR count). The van der Waals surface area contributed by atoms with Crippen molar-refractivity contribution >= 4 is 11.9 Å². The van der Waals surface area contributed by atoms with E-state index in [4.69, 9.17) is 5.73 Å². The van der Waals surface area contributed by atoms with Crippen LogP contribution in [0, 0.1) is 4.91 Å². The molecule has 0 bridgehead atoms. The number of amides is 1. The number of carbonyl (C=O) groups excluding carboxylic acids is 1. The highest BCUT2D eigenvalue weighted by Gasteiger charge is 2.19. The second kappa shape index (κ2) is 10.2. The highest BCUT2D eigenvalue weighted by atomic mass is 16.3. The summed E-state index contributed by atoms with van der Waals surface area (Å²) >= 11 is 0. The fourth-order valence-corrected chi connectivity index (χ4v) is 3.86. The first-order valence-electron chi connectivity index (χ1n) is 10.7. The molecule has 2 N–H and O–H groups in total. The summed E-state index contributed by atoms with van der Waals surface area (Å²) in [5, 5.41) is 2.39. The van der Waals surface area contributed by atoms with Crippen LogP contribution in [0.4, 0.5) is 5.95 Å². The maximum absolute atomic E-state index is 11.2. The zero-order chi connectivity index (χ0) is 22.3. The van der Waals surface area contributed by atoms with Crippen molar-refractivity contribution in [1.29, 1.82) is 0 Å². The zero-order valence-corrected chi connectivity index (χ0v) is 17.8. The van der Waals surface area contributed by atoms with Crippen molar-refractivity contribution in [3.8, 4) is 11.1 Å². The van der Waals surface area contributed by atoms with E-state index in [0.717, 1.165) is 55.4 Å². The van der Waals surface area contributed by atoms with Crippen LogP contribution in [0.25, 0.3) is 11.1 Å². The van der Waals surface area contributed by atoms with Gasteiger partial charge in [-0.05, 0) is 34.7 Å². The Morgan fingerprint density at radius 3 is 2.03 bits per heavy atom. The predicted molar refractivity (Wildman–Crippen MR) is 124 cm³/mol. The number of hydrogen-bond acceptors (Lipinski definition) is 7. The van der Waals surface area contributed by atoms with E-state index in [9.17, 15) is 9.70 Å². The number of carbonyl (C=O) groups is 1. The third-order valence-corrected chi connectivity index (χ3v) is 5.72. The van der Waals surface area contributed by atoms with Crippen molar-refractivity contribution < 1.29 is 4.79 Å². The molecule has 1 unspecified atom stereocenters. The lowest BCUT2D eigenvalue weighted by atomic mass is 10.00. The first kappa shape index (κ1) is 21.7. The highest BCUT2D eigenvalue weighted by Crippen LogP contribution is 2.22. The number of nitrogens with zero attached hydrogens (tertiary/aromatic N) is 5. The van der Waals surface area contributed by atoms with Crippen molar-refractivity contribution in [2.75, 3.05) is 31.1 Å². The lowest BCUT2D eigenvalue weighted by molar-refractivity contribution is -0.119. The Labute approximate surface area is 187 Å². The van der Waals surface area contributed by atoms with Crippen molar-refractivity contribution in [3.05, 3.63) is 83.0 Å². The Kier molecular flexibility index (Phi) is 6.94. The number of nitroso groups, excluding NO2 is 1. The topological polar surface area (TPSA) is 105 Å². The van der Waals surface area contributed by atoms with Gasteiger partial charge < -0.3 is 10.6 Å². The molecule has 1 aliphatic heterocycles. The molecule has 0 saturated carbocycles. The quantitative estimate of drug-likeness (QED) is 0.575. The minimum atomic E-state index is -0.889. The van der Waals surface area contributed by atoms with E-state index in [1.807, 2.05) is 30.3 Å². The van der Waals surface area contributed by atoms with Crippen LogP contribution in [0.1, 0.15) is 11.1 Å². The Hall–Kier alpha value is -3.49. The second-order valence-electron chi connectivity index (χ2n) is 7.95. The summed E-state index contributed by atoms with van der Waals surface area (Å²) in [6.07, 6.45) is 3.86. The van der Waals surface area contributed by atoms with Gasteiger partial charge in [0.1, 0.15) is 0 Å². The molecule has 1 aromatic heterocycles. The van der Waals surface area contributed by atoms with Crippen LogP contribution >= 0.6 is 0 Å². The highest BCUT2D eigenvalue weighted by molar-refractivity contribution is 5.82. The molecule has 3 aromatic rings. The molecule has 0 aliphatic carbocycles. The van der Waals surface area contributed by atoms with Gasteiger partial charge in [-0.1, -0.05) is 48.5 Å². The zero-order valence-electron chi connectivity index (χ0n) is 17.8. The van der Waals surface area contributed by atoms with E-state index in [0.29, 0.717) is 6.42 Å². The summed E-state index contributed by atoms with van der Waals surface area (Å²) in [6, 6.07) is 17.4. The standard InChI is InChI=1S/C24H26N6O2/c25-22(23(31)28-32)16-18-2-6-20(7-3-18)21-8-4-19(5-9-21)17-29-12-14-30(15-13-29)24-26-10-1-11-27-24/h1-11,22H,12-17,25H2. The molecule has 164 valence electrons. The summed E-state index contributed by atoms with van der Waals surface area (Å²) in [4.78, 5) is 34.9. The molecule has 1 atom stereocenters. The second-order valence-corrected chi connectivity index (χ2v) is 7.95. The van der Waals surface area contributed by atoms with Gasteiger partial charge in [-0.25, -0.2) is 9.97 Å². The van der Waals surface area contributed by atoms with Gasteiger partial charge >= 0.3 is 5.91 Å². The van der Waals surface area contributed by atoms with Gasteiger partial charge in [0.2, 0.25) is 5.95 Å². The first-order chi connectivity index (χ1) is 15.6. The largest absolute Gasteiger partial charge is 0.338 e. The molecule has 2 heterocycles. The molecule has 0 spiro atoms. The van der Waals surface area contributed by atoms with E-state index in [1.165, 1.54) is 5.56 Å². The third kappa shape index (κ3) is 5.40. The maximum Gasteiger partial charge on any atom is 0.303 e. The molecular formula is C24H26N6O2. The van der Waals surface area contributed by atoms with E-state index >= 15 is 0 Å². The summed E-state index contributed by atoms with van der Waals surface area (Å²) in [5.41, 5.74) is 10.1. The number of rotatable bonds is 7. The lowest BCUT2D eigenvalue weighted by Gasteiger charge is -2.34. The van der Waals surface area contributed by atoms with E-state index in [2.05, 4.69) is 49.2 Å². The Balaban J connectivity index is 1.31. The molecule has 8 nitrogen and oxygen atoms in total. The van der Waals surface area contributed by atoms with E-state index < -0.39 is 11.9 Å². The van der Waals surface area contributed by atoms with Gasteiger partial charge in [-0.3, -0.25) is 9.69 Å². The summed E-state index contributed by atoms with van der Waals surface area (Å²) in [5.74, 6) is -0.0176. The molecule has 2 aromatic carbocycles. The van der Waals surface area contributed by atoms with Crippen molar-refractivity contribution in [1.82, 2.24) is 14.9 Å². The number of benzene rings is 2. The SMILES string of the molecule is NC(Cc1ccc(-c2ccc(CN3CCN(c4ncccn4)CC3)cc2)cc1)C(=O)N=O. The first-order valence-corrected chi connectivity index (χ1v) is 10.7. The van der Waals surface area contributed by atoms with Gasteiger partial charge in [-0.15, -0.1) is 4.91 Å². The van der Waals surface area contributed by atoms with Crippen LogP contribution in [-0.2, 0) is 17.8 Å². The minimum Gasteiger partial charge on any atom is -0.338 e. The molecular weight excluding hydrogens is 404 g/mol. The maximum atomic E-state index is 11.2. The molecule has 1 fully saturated rings. The van der Waals surface area contributed by atoms with Crippen molar-refractivity contribution in [3.63, 3.8) is 0 Å². The average Bonchev–Trinajstić information content (AvgIpc) is 2.85. The smallest absolute Gasteiger partial charge is 0.303 e. The molecule has 1 aliphatic rings.